The number of hydrogen-bond acceptors (Lipinski definition) is 7. The Morgan fingerprint density at radius 2 is 1.13 bits per heavy atom. The van der Waals surface area contributed by atoms with Gasteiger partial charge in [0.15, 0.2) is 0 Å². The van der Waals surface area contributed by atoms with Crippen LogP contribution in [0.25, 0.3) is 0 Å². The van der Waals surface area contributed by atoms with Gasteiger partial charge in [-0.2, -0.15) is 0 Å². The molecule has 0 bridgehead atoms. The lowest BCUT2D eigenvalue weighted by Gasteiger charge is -2.27. The van der Waals surface area contributed by atoms with E-state index in [2.05, 4.69) is 38.4 Å². The number of rotatable bonds is 26. The van der Waals surface area contributed by atoms with Gasteiger partial charge < -0.3 is 36.6 Å². The van der Waals surface area contributed by atoms with E-state index in [0.29, 0.717) is 51.6 Å². The Morgan fingerprint density at radius 3 is 1.60 bits per heavy atom. The summed E-state index contributed by atoms with van der Waals surface area (Å²) in [6, 6.07) is -2.43. The quantitative estimate of drug-likeness (QED) is 0.0785. The number of unbranched alkanes of at least 4 members (excludes halogenated alkanes) is 2. The van der Waals surface area contributed by atoms with E-state index in [4.69, 9.17) is 5.11 Å². The van der Waals surface area contributed by atoms with Crippen LogP contribution in [-0.4, -0.2) is 97.5 Å². The van der Waals surface area contributed by atoms with Crippen LogP contribution in [0.2, 0.25) is 0 Å². The van der Waals surface area contributed by atoms with Crippen molar-refractivity contribution < 1.29 is 29.1 Å². The second kappa shape index (κ2) is 24.5. The first-order valence-corrected chi connectivity index (χ1v) is 17.0. The molecule has 0 aliphatic rings. The molecule has 12 nitrogen and oxygen atoms in total. The van der Waals surface area contributed by atoms with E-state index < -0.39 is 35.9 Å². The number of amides is 4. The predicted molar refractivity (Wildman–Crippen MR) is 179 cm³/mol. The molecule has 0 unspecified atom stereocenters. The molecule has 0 saturated carbocycles. The highest BCUT2D eigenvalue weighted by molar-refractivity contribution is 5.94. The number of likely N-dealkylation sites (N-methyl/N-ethyl adjacent to an activating group) is 1. The van der Waals surface area contributed by atoms with Gasteiger partial charge in [0.25, 0.3) is 0 Å². The highest BCUT2D eigenvalue weighted by Gasteiger charge is 2.30. The van der Waals surface area contributed by atoms with Gasteiger partial charge >= 0.3 is 5.97 Å². The van der Waals surface area contributed by atoms with E-state index >= 15 is 0 Å². The number of nitrogens with one attached hydrogen (secondary N) is 5. The normalized spacial score (nSPS) is 13.5. The van der Waals surface area contributed by atoms with Gasteiger partial charge in [-0.15, -0.1) is 0 Å². The van der Waals surface area contributed by atoms with E-state index in [1.807, 2.05) is 48.6 Å². The fourth-order valence-electron chi connectivity index (χ4n) is 5.01. The van der Waals surface area contributed by atoms with Crippen LogP contribution in [-0.2, 0) is 24.0 Å². The summed E-state index contributed by atoms with van der Waals surface area (Å²) in [5.74, 6) is -1.85. The summed E-state index contributed by atoms with van der Waals surface area (Å²) < 4.78 is 0. The minimum absolute atomic E-state index is 0.0875. The first-order chi connectivity index (χ1) is 21.2. The SMILES string of the molecule is CCCN(CCNC)CCC(=O)N[C@@H](CC(C)C)C(=O)N[C@@H](CC(C)C)C(=O)N[C@@H](CC(C)C)C(=O)NCCCCCC(=O)O. The van der Waals surface area contributed by atoms with E-state index in [1.54, 1.807) is 0 Å². The molecule has 0 aliphatic carbocycles. The molecule has 0 aliphatic heterocycles. The van der Waals surface area contributed by atoms with Crippen LogP contribution >= 0.6 is 0 Å². The predicted octanol–water partition coefficient (Wildman–Crippen LogP) is 2.66. The molecule has 12 heteroatoms. The Kier molecular flexibility index (Phi) is 23.0. The van der Waals surface area contributed by atoms with Crippen molar-refractivity contribution in [2.24, 2.45) is 17.8 Å². The number of nitrogens with zero attached hydrogens (tertiary/aromatic N) is 1. The number of hydrogen-bond donors (Lipinski definition) is 6. The second-order valence-corrected chi connectivity index (χ2v) is 13.3. The zero-order valence-corrected chi connectivity index (χ0v) is 29.3. The molecule has 0 saturated heterocycles. The van der Waals surface area contributed by atoms with Gasteiger partial charge in [0.2, 0.25) is 23.6 Å². The number of carboxylic acids is 1. The van der Waals surface area contributed by atoms with Crippen molar-refractivity contribution in [3.8, 4) is 0 Å². The van der Waals surface area contributed by atoms with Gasteiger partial charge in [-0.3, -0.25) is 24.0 Å². The summed E-state index contributed by atoms with van der Waals surface area (Å²) in [4.78, 5) is 65.9. The first-order valence-electron chi connectivity index (χ1n) is 17.0. The van der Waals surface area contributed by atoms with Crippen LogP contribution in [0.15, 0.2) is 0 Å². The Hall–Kier alpha value is -2.73. The van der Waals surface area contributed by atoms with Crippen LogP contribution in [0.4, 0.5) is 0 Å². The molecule has 0 aromatic carbocycles. The first kappa shape index (κ1) is 42.3. The molecule has 0 spiro atoms. The third-order valence-electron chi connectivity index (χ3n) is 7.28. The molecule has 3 atom stereocenters. The summed E-state index contributed by atoms with van der Waals surface area (Å²) in [5, 5.41) is 23.4. The average molecular weight is 641 g/mol. The summed E-state index contributed by atoms with van der Waals surface area (Å²) in [7, 11) is 1.90. The molecule has 0 aromatic heterocycles. The topological polar surface area (TPSA) is 169 Å². The molecule has 0 rings (SSSR count). The largest absolute Gasteiger partial charge is 0.481 e. The van der Waals surface area contributed by atoms with Gasteiger partial charge in [0.05, 0.1) is 0 Å². The average Bonchev–Trinajstić information content (AvgIpc) is 2.94. The van der Waals surface area contributed by atoms with Crippen molar-refractivity contribution in [1.82, 2.24) is 31.5 Å². The monoisotopic (exact) mass is 640 g/mol. The molecule has 0 fully saturated rings. The summed E-state index contributed by atoms with van der Waals surface area (Å²) >= 11 is 0. The van der Waals surface area contributed by atoms with Crippen LogP contribution in [0.5, 0.6) is 0 Å². The molecule has 6 N–H and O–H groups in total. The smallest absolute Gasteiger partial charge is 0.303 e. The van der Waals surface area contributed by atoms with Crippen molar-refractivity contribution in [2.45, 2.75) is 124 Å². The molecule has 45 heavy (non-hydrogen) atoms. The second-order valence-electron chi connectivity index (χ2n) is 13.3. The van der Waals surface area contributed by atoms with Crippen molar-refractivity contribution in [1.29, 1.82) is 0 Å². The minimum atomic E-state index is -0.871. The fourth-order valence-corrected chi connectivity index (χ4v) is 5.01. The minimum Gasteiger partial charge on any atom is -0.481 e. The Morgan fingerprint density at radius 1 is 0.622 bits per heavy atom. The van der Waals surface area contributed by atoms with Crippen molar-refractivity contribution in [2.75, 3.05) is 39.8 Å². The lowest BCUT2D eigenvalue weighted by Crippen LogP contribution is -2.57. The third kappa shape index (κ3) is 21.6. The number of aliphatic carboxylic acids is 1. The van der Waals surface area contributed by atoms with Gasteiger partial charge in [-0.1, -0.05) is 54.9 Å². The van der Waals surface area contributed by atoms with Crippen molar-refractivity contribution >= 4 is 29.6 Å². The maximum absolute atomic E-state index is 13.5. The van der Waals surface area contributed by atoms with Crippen molar-refractivity contribution in [3.05, 3.63) is 0 Å². The van der Waals surface area contributed by atoms with Gasteiger partial charge in [-0.05, 0) is 69.9 Å². The molecular formula is C33H64N6O6. The summed E-state index contributed by atoms with van der Waals surface area (Å²) in [5.41, 5.74) is 0. The van der Waals surface area contributed by atoms with Gasteiger partial charge in [0, 0.05) is 39.0 Å². The maximum Gasteiger partial charge on any atom is 0.303 e. The van der Waals surface area contributed by atoms with E-state index in [0.717, 1.165) is 26.1 Å². The molecule has 0 radical (unpaired) electrons. The standard InChI is InChI=1S/C33H64N6O6/c1-9-17-39(19-16-34-8)18-14-29(40)36-27(21-24(4)5)32(44)38-28(22-25(6)7)33(45)37-26(20-23(2)3)31(43)35-15-12-10-11-13-30(41)42/h23-28,34H,9-22H2,1-8H3,(H,35,43)(H,36,40)(H,37,45)(H,38,44)(H,41,42)/t26-,27-,28-/m0/s1. The van der Waals surface area contributed by atoms with E-state index in [-0.39, 0.29) is 42.4 Å². The highest BCUT2D eigenvalue weighted by Crippen LogP contribution is 2.11. The zero-order valence-electron chi connectivity index (χ0n) is 29.3. The Balaban J connectivity index is 5.47. The maximum atomic E-state index is 13.5. The molecule has 262 valence electrons. The van der Waals surface area contributed by atoms with Crippen LogP contribution in [0, 0.1) is 17.8 Å². The van der Waals surface area contributed by atoms with Gasteiger partial charge in [0.1, 0.15) is 18.1 Å². The molecule has 0 aromatic rings. The zero-order chi connectivity index (χ0) is 34.4. The van der Waals surface area contributed by atoms with E-state index in [9.17, 15) is 24.0 Å². The molecular weight excluding hydrogens is 576 g/mol. The summed E-state index contributed by atoms with van der Waals surface area (Å²) in [6.07, 6.45) is 4.44. The number of carboxylic acid groups (broad SMARTS) is 1. The fraction of sp³-hybridized carbons (Fsp3) is 0.848. The number of carbonyl (C=O) groups is 5. The number of carbonyl (C=O) groups excluding carboxylic acids is 4. The highest BCUT2D eigenvalue weighted by atomic mass is 16.4. The van der Waals surface area contributed by atoms with Crippen molar-refractivity contribution in [3.63, 3.8) is 0 Å². The molecule has 0 heterocycles. The van der Waals surface area contributed by atoms with E-state index in [1.165, 1.54) is 0 Å². The molecule has 4 amide bonds. The van der Waals surface area contributed by atoms with Crippen LogP contribution in [0.1, 0.15) is 106 Å². The lowest BCUT2D eigenvalue weighted by atomic mass is 9.98. The van der Waals surface area contributed by atoms with Crippen LogP contribution < -0.4 is 26.6 Å². The van der Waals surface area contributed by atoms with Gasteiger partial charge in [-0.25, -0.2) is 0 Å². The Labute approximate surface area is 272 Å². The third-order valence-corrected chi connectivity index (χ3v) is 7.28. The van der Waals surface area contributed by atoms with Crippen LogP contribution in [0.3, 0.4) is 0 Å². The lowest BCUT2D eigenvalue weighted by molar-refractivity contribution is -0.137. The summed E-state index contributed by atoms with van der Waals surface area (Å²) in [6.45, 7) is 17.4. The Bertz CT molecular complexity index is 882.